The number of rotatable bonds is 5. The number of piperazine rings is 1. The zero-order valence-corrected chi connectivity index (χ0v) is 20.0. The molecule has 36 heavy (non-hydrogen) atoms. The predicted molar refractivity (Wildman–Crippen MR) is 130 cm³/mol. The van der Waals surface area contributed by atoms with E-state index in [9.17, 15) is 9.59 Å². The SMILES string of the molecule is CN1CC(Oc2ncccc2-c2cnn3ccc(N4CCN(C(=O)O[C@@H]5CNC(=O)C5)CC4)nc23)C1. The summed E-state index contributed by atoms with van der Waals surface area (Å²) in [5.41, 5.74) is 2.44. The Morgan fingerprint density at radius 2 is 1.94 bits per heavy atom. The lowest BCUT2D eigenvalue weighted by Crippen LogP contribution is -2.51. The van der Waals surface area contributed by atoms with E-state index in [1.807, 2.05) is 24.4 Å². The second kappa shape index (κ2) is 9.26. The molecule has 3 fully saturated rings. The van der Waals surface area contributed by atoms with Crippen LogP contribution in [0.2, 0.25) is 0 Å². The number of likely N-dealkylation sites (N-methyl/N-ethyl adjacent to an activating group) is 1. The molecule has 12 heteroatoms. The van der Waals surface area contributed by atoms with Gasteiger partial charge in [-0.1, -0.05) is 0 Å². The fourth-order valence-corrected chi connectivity index (χ4v) is 4.79. The number of hydrogen-bond acceptors (Lipinski definition) is 9. The second-order valence-corrected chi connectivity index (χ2v) is 9.42. The molecule has 2 amide bonds. The van der Waals surface area contributed by atoms with Gasteiger partial charge in [0.2, 0.25) is 11.8 Å². The van der Waals surface area contributed by atoms with E-state index < -0.39 is 0 Å². The van der Waals surface area contributed by atoms with Gasteiger partial charge in [0, 0.05) is 57.2 Å². The number of likely N-dealkylation sites (tertiary alicyclic amines) is 1. The Kier molecular flexibility index (Phi) is 5.80. The molecule has 0 radical (unpaired) electrons. The summed E-state index contributed by atoms with van der Waals surface area (Å²) in [4.78, 5) is 39.3. The Balaban J connectivity index is 1.16. The van der Waals surface area contributed by atoms with Crippen LogP contribution in [0.3, 0.4) is 0 Å². The fraction of sp³-hybridized carbons (Fsp3) is 0.458. The zero-order chi connectivity index (χ0) is 24.6. The molecule has 0 aromatic carbocycles. The third-order valence-electron chi connectivity index (χ3n) is 6.79. The average Bonchev–Trinajstić information content (AvgIpc) is 3.48. The first kappa shape index (κ1) is 22.5. The van der Waals surface area contributed by atoms with Crippen molar-refractivity contribution >= 4 is 23.5 Å². The van der Waals surface area contributed by atoms with Gasteiger partial charge in [-0.2, -0.15) is 5.10 Å². The third kappa shape index (κ3) is 4.39. The lowest BCUT2D eigenvalue weighted by Gasteiger charge is -2.35. The first-order chi connectivity index (χ1) is 17.5. The monoisotopic (exact) mass is 492 g/mol. The maximum absolute atomic E-state index is 12.5. The van der Waals surface area contributed by atoms with Crippen LogP contribution in [0.4, 0.5) is 10.6 Å². The summed E-state index contributed by atoms with van der Waals surface area (Å²) in [7, 11) is 2.06. The number of pyridine rings is 1. The molecule has 3 aliphatic rings. The third-order valence-corrected chi connectivity index (χ3v) is 6.79. The molecule has 6 heterocycles. The van der Waals surface area contributed by atoms with Crippen LogP contribution in [0.5, 0.6) is 5.88 Å². The Morgan fingerprint density at radius 3 is 2.69 bits per heavy atom. The molecular formula is C24H28N8O4. The number of carbonyl (C=O) groups excluding carboxylic acids is 2. The van der Waals surface area contributed by atoms with Crippen molar-refractivity contribution in [3.8, 4) is 17.0 Å². The van der Waals surface area contributed by atoms with Crippen molar-refractivity contribution in [2.75, 3.05) is 57.8 Å². The maximum Gasteiger partial charge on any atom is 0.410 e. The van der Waals surface area contributed by atoms with Crippen LogP contribution in [0.1, 0.15) is 6.42 Å². The zero-order valence-electron chi connectivity index (χ0n) is 20.0. The summed E-state index contributed by atoms with van der Waals surface area (Å²) in [6, 6.07) is 5.80. The molecular weight excluding hydrogens is 464 g/mol. The molecule has 188 valence electrons. The van der Waals surface area contributed by atoms with E-state index in [4.69, 9.17) is 14.5 Å². The number of carbonyl (C=O) groups is 2. The number of anilines is 1. The molecule has 3 aromatic heterocycles. The summed E-state index contributed by atoms with van der Waals surface area (Å²) in [6.07, 6.45) is 5.01. The summed E-state index contributed by atoms with van der Waals surface area (Å²) >= 11 is 0. The quantitative estimate of drug-likeness (QED) is 0.547. The van der Waals surface area contributed by atoms with Crippen LogP contribution < -0.4 is 15.0 Å². The van der Waals surface area contributed by atoms with Crippen LogP contribution >= 0.6 is 0 Å². The summed E-state index contributed by atoms with van der Waals surface area (Å²) in [5, 5.41) is 7.17. The molecule has 3 saturated heterocycles. The van der Waals surface area contributed by atoms with E-state index in [2.05, 4.69) is 32.2 Å². The molecule has 12 nitrogen and oxygen atoms in total. The number of ether oxygens (including phenoxy) is 2. The van der Waals surface area contributed by atoms with Crippen molar-refractivity contribution in [1.29, 1.82) is 0 Å². The molecule has 0 spiro atoms. The number of nitrogens with zero attached hydrogens (tertiary/aromatic N) is 7. The Morgan fingerprint density at radius 1 is 1.11 bits per heavy atom. The van der Waals surface area contributed by atoms with Gasteiger partial charge < -0.3 is 24.6 Å². The van der Waals surface area contributed by atoms with Crippen molar-refractivity contribution in [3.63, 3.8) is 0 Å². The Bertz CT molecular complexity index is 1280. The van der Waals surface area contributed by atoms with E-state index in [-0.39, 0.29) is 30.6 Å². The highest BCUT2D eigenvalue weighted by molar-refractivity contribution is 5.81. The number of fused-ring (bicyclic) bond motifs is 1. The summed E-state index contributed by atoms with van der Waals surface area (Å²) < 4.78 is 13.4. The van der Waals surface area contributed by atoms with Gasteiger partial charge in [0.1, 0.15) is 18.0 Å². The standard InChI is InChI=1S/C24H28N8O4/c1-29-14-17(15-29)35-23-18(3-2-5-25-23)19-13-27-32-6-4-20(28-22(19)32)30-7-9-31(10-8-30)24(34)36-16-11-21(33)26-12-16/h2-6,13,16-17H,7-12,14-15H2,1H3,(H,26,33)/t16-/m0/s1. The number of hydrogen-bond donors (Lipinski definition) is 1. The van der Waals surface area contributed by atoms with Gasteiger partial charge in [-0.25, -0.2) is 19.3 Å². The number of amides is 2. The lowest BCUT2D eigenvalue weighted by molar-refractivity contribution is -0.119. The van der Waals surface area contributed by atoms with Gasteiger partial charge in [0.25, 0.3) is 0 Å². The topological polar surface area (TPSA) is 117 Å². The molecule has 6 rings (SSSR count). The molecule has 1 atom stereocenters. The first-order valence-electron chi connectivity index (χ1n) is 12.2. The molecule has 0 saturated carbocycles. The average molecular weight is 493 g/mol. The summed E-state index contributed by atoms with van der Waals surface area (Å²) in [6.45, 7) is 4.42. The van der Waals surface area contributed by atoms with Crippen LogP contribution in [0.25, 0.3) is 16.8 Å². The molecule has 3 aromatic rings. The minimum absolute atomic E-state index is 0.0843. The van der Waals surface area contributed by atoms with Crippen molar-refractivity contribution < 1.29 is 19.1 Å². The molecule has 0 bridgehead atoms. The van der Waals surface area contributed by atoms with Gasteiger partial charge in [-0.15, -0.1) is 0 Å². The lowest BCUT2D eigenvalue weighted by atomic mass is 10.1. The van der Waals surface area contributed by atoms with Gasteiger partial charge in [-0.05, 0) is 25.2 Å². The van der Waals surface area contributed by atoms with E-state index >= 15 is 0 Å². The minimum Gasteiger partial charge on any atom is -0.471 e. The number of nitrogens with one attached hydrogen (secondary N) is 1. The first-order valence-corrected chi connectivity index (χ1v) is 12.2. The van der Waals surface area contributed by atoms with Gasteiger partial charge in [0.15, 0.2) is 5.65 Å². The van der Waals surface area contributed by atoms with Crippen LogP contribution in [0, 0.1) is 0 Å². The minimum atomic E-state index is -0.390. The highest BCUT2D eigenvalue weighted by atomic mass is 16.6. The van der Waals surface area contributed by atoms with Crippen molar-refractivity contribution in [3.05, 3.63) is 36.8 Å². The molecule has 1 N–H and O–H groups in total. The van der Waals surface area contributed by atoms with Crippen molar-refractivity contribution in [2.24, 2.45) is 0 Å². The maximum atomic E-state index is 12.5. The molecule has 3 aliphatic heterocycles. The normalized spacial score (nSPS) is 20.9. The smallest absolute Gasteiger partial charge is 0.410 e. The van der Waals surface area contributed by atoms with Gasteiger partial charge in [0.05, 0.1) is 24.7 Å². The van der Waals surface area contributed by atoms with Gasteiger partial charge in [-0.3, -0.25) is 9.69 Å². The van der Waals surface area contributed by atoms with E-state index in [0.717, 1.165) is 35.7 Å². The Hall–Kier alpha value is -3.93. The van der Waals surface area contributed by atoms with Crippen molar-refractivity contribution in [2.45, 2.75) is 18.6 Å². The largest absolute Gasteiger partial charge is 0.471 e. The van der Waals surface area contributed by atoms with E-state index in [1.54, 1.807) is 21.8 Å². The van der Waals surface area contributed by atoms with Crippen LogP contribution in [0.15, 0.2) is 36.8 Å². The summed E-state index contributed by atoms with van der Waals surface area (Å²) in [5.74, 6) is 1.32. The second-order valence-electron chi connectivity index (χ2n) is 9.42. The fourth-order valence-electron chi connectivity index (χ4n) is 4.79. The Labute approximate surface area is 207 Å². The highest BCUT2D eigenvalue weighted by Gasteiger charge is 2.30. The molecule has 0 aliphatic carbocycles. The van der Waals surface area contributed by atoms with Crippen molar-refractivity contribution in [1.82, 2.24) is 34.7 Å². The highest BCUT2D eigenvalue weighted by Crippen LogP contribution is 2.32. The van der Waals surface area contributed by atoms with Crippen LogP contribution in [-0.2, 0) is 9.53 Å². The van der Waals surface area contributed by atoms with E-state index in [1.165, 1.54) is 0 Å². The number of aromatic nitrogens is 4. The predicted octanol–water partition coefficient (Wildman–Crippen LogP) is 0.631. The van der Waals surface area contributed by atoms with Crippen LogP contribution in [-0.4, -0.2) is 106 Å². The van der Waals surface area contributed by atoms with E-state index in [0.29, 0.717) is 38.6 Å². The molecule has 0 unspecified atom stereocenters. The van der Waals surface area contributed by atoms with Gasteiger partial charge >= 0.3 is 6.09 Å².